The summed E-state index contributed by atoms with van der Waals surface area (Å²) >= 11 is 0. The normalized spacial score (nSPS) is 21.8. The number of allylic oxidation sites excluding steroid dienone is 1. The second-order valence-electron chi connectivity index (χ2n) is 9.30. The van der Waals surface area contributed by atoms with Gasteiger partial charge >= 0.3 is 0 Å². The number of aryl methyl sites for hydroxylation is 1. The predicted octanol–water partition coefficient (Wildman–Crippen LogP) is 5.93. The molecule has 1 aliphatic rings. The van der Waals surface area contributed by atoms with Crippen LogP contribution < -0.4 is 4.74 Å². The zero-order valence-corrected chi connectivity index (χ0v) is 20.8. The average molecular weight is 496 g/mol. The summed E-state index contributed by atoms with van der Waals surface area (Å²) in [6, 6.07) is 22.8. The highest BCUT2D eigenvalue weighted by Gasteiger charge is 2.52. The molecule has 0 radical (unpaired) electrons. The van der Waals surface area contributed by atoms with E-state index in [0.717, 1.165) is 16.7 Å². The van der Waals surface area contributed by atoms with E-state index in [0.29, 0.717) is 11.3 Å². The van der Waals surface area contributed by atoms with Crippen LogP contribution in [0.25, 0.3) is 12.2 Å². The first-order valence-corrected chi connectivity index (χ1v) is 12.2. The molecule has 1 unspecified atom stereocenters. The summed E-state index contributed by atoms with van der Waals surface area (Å²) in [7, 11) is 1.55. The molecule has 1 fully saturated rings. The number of benzene rings is 3. The number of nitro groups is 1. The van der Waals surface area contributed by atoms with Gasteiger partial charge in [-0.05, 0) is 41.8 Å². The van der Waals surface area contributed by atoms with Gasteiger partial charge in [0.1, 0.15) is 11.5 Å². The molecular weight excluding hydrogens is 466 g/mol. The third-order valence-corrected chi connectivity index (χ3v) is 6.88. The molecule has 0 aliphatic heterocycles. The Morgan fingerprint density at radius 1 is 0.946 bits per heavy atom. The number of ketones is 2. The third-order valence-electron chi connectivity index (χ3n) is 6.88. The Kier molecular flexibility index (Phi) is 8.08. The van der Waals surface area contributed by atoms with Crippen molar-refractivity contribution in [3.05, 3.63) is 123 Å². The SMILES string of the molecule is COc1ccc([C@H]2CC(=O)C(C(=O)/C=C/c3ccc(C)cc3)[C@H](/C=C/c3ccccc3)[C@H]2[N+](=O)[O-])cc1. The van der Waals surface area contributed by atoms with E-state index in [1.54, 1.807) is 49.6 Å². The van der Waals surface area contributed by atoms with Crippen LogP contribution in [0, 0.1) is 28.9 Å². The predicted molar refractivity (Wildman–Crippen MR) is 144 cm³/mol. The van der Waals surface area contributed by atoms with Crippen molar-refractivity contribution in [3.63, 3.8) is 0 Å². The molecule has 1 aliphatic carbocycles. The topological polar surface area (TPSA) is 86.5 Å². The molecule has 0 N–H and O–H groups in total. The lowest BCUT2D eigenvalue weighted by Gasteiger charge is -2.35. The van der Waals surface area contributed by atoms with E-state index in [1.165, 1.54) is 6.08 Å². The van der Waals surface area contributed by atoms with Crippen LogP contribution in [0.4, 0.5) is 0 Å². The van der Waals surface area contributed by atoms with Gasteiger partial charge < -0.3 is 4.74 Å². The highest BCUT2D eigenvalue weighted by molar-refractivity contribution is 6.10. The number of nitrogens with zero attached hydrogens (tertiary/aromatic N) is 1. The lowest BCUT2D eigenvalue weighted by Crippen LogP contribution is -2.48. The molecule has 3 aromatic rings. The molecule has 4 rings (SSSR count). The average Bonchev–Trinajstić information content (AvgIpc) is 2.91. The van der Waals surface area contributed by atoms with E-state index < -0.39 is 29.6 Å². The van der Waals surface area contributed by atoms with Gasteiger partial charge in [0.2, 0.25) is 6.04 Å². The molecule has 37 heavy (non-hydrogen) atoms. The maximum absolute atomic E-state index is 13.5. The minimum Gasteiger partial charge on any atom is -0.497 e. The number of hydrogen-bond donors (Lipinski definition) is 0. The van der Waals surface area contributed by atoms with E-state index in [4.69, 9.17) is 4.74 Å². The minimum atomic E-state index is -1.15. The van der Waals surface area contributed by atoms with Crippen LogP contribution in [0.5, 0.6) is 5.75 Å². The van der Waals surface area contributed by atoms with Crippen molar-refractivity contribution in [3.8, 4) is 5.75 Å². The van der Waals surface area contributed by atoms with Crippen LogP contribution in [0.3, 0.4) is 0 Å². The van der Waals surface area contributed by atoms with Crippen molar-refractivity contribution < 1.29 is 19.2 Å². The summed E-state index contributed by atoms with van der Waals surface area (Å²) in [4.78, 5) is 39.0. The van der Waals surface area contributed by atoms with Crippen LogP contribution >= 0.6 is 0 Å². The van der Waals surface area contributed by atoms with Crippen molar-refractivity contribution in [1.82, 2.24) is 0 Å². The van der Waals surface area contributed by atoms with Crippen molar-refractivity contribution in [1.29, 1.82) is 0 Å². The summed E-state index contributed by atoms with van der Waals surface area (Å²) < 4.78 is 5.21. The Morgan fingerprint density at radius 2 is 1.59 bits per heavy atom. The van der Waals surface area contributed by atoms with Gasteiger partial charge in [0.15, 0.2) is 5.78 Å². The molecule has 0 bridgehead atoms. The highest BCUT2D eigenvalue weighted by atomic mass is 16.6. The Balaban J connectivity index is 1.72. The quantitative estimate of drug-likeness (QED) is 0.167. The molecule has 1 saturated carbocycles. The van der Waals surface area contributed by atoms with Crippen LogP contribution in [0.1, 0.15) is 34.6 Å². The first-order chi connectivity index (χ1) is 17.9. The fraction of sp³-hybridized carbons (Fsp3) is 0.226. The lowest BCUT2D eigenvalue weighted by molar-refractivity contribution is -0.536. The van der Waals surface area contributed by atoms with Gasteiger partial charge in [-0.1, -0.05) is 90.5 Å². The van der Waals surface area contributed by atoms with E-state index in [-0.39, 0.29) is 17.1 Å². The van der Waals surface area contributed by atoms with Crippen LogP contribution in [-0.2, 0) is 9.59 Å². The number of rotatable bonds is 8. The van der Waals surface area contributed by atoms with Gasteiger partial charge in [-0.25, -0.2) is 0 Å². The zero-order valence-electron chi connectivity index (χ0n) is 20.8. The first-order valence-electron chi connectivity index (χ1n) is 12.2. The molecule has 3 aromatic carbocycles. The largest absolute Gasteiger partial charge is 0.497 e. The van der Waals surface area contributed by atoms with Crippen molar-refractivity contribution in [2.24, 2.45) is 11.8 Å². The molecule has 0 amide bonds. The van der Waals surface area contributed by atoms with E-state index in [2.05, 4.69) is 0 Å². The monoisotopic (exact) mass is 495 g/mol. The van der Waals surface area contributed by atoms with Crippen molar-refractivity contribution in [2.75, 3.05) is 7.11 Å². The fourth-order valence-electron chi connectivity index (χ4n) is 4.92. The molecule has 4 atom stereocenters. The Hall–Kier alpha value is -4.32. The molecule has 0 spiro atoms. The van der Waals surface area contributed by atoms with Crippen LogP contribution in [-0.4, -0.2) is 29.6 Å². The number of carbonyl (C=O) groups excluding carboxylic acids is 2. The van der Waals surface area contributed by atoms with Gasteiger partial charge in [-0.3, -0.25) is 19.7 Å². The maximum Gasteiger partial charge on any atom is 0.227 e. The molecule has 0 aromatic heterocycles. The summed E-state index contributed by atoms with van der Waals surface area (Å²) in [5.74, 6) is -2.79. The Labute approximate surface area is 216 Å². The molecule has 6 heteroatoms. The molecule has 188 valence electrons. The molecule has 6 nitrogen and oxygen atoms in total. The van der Waals surface area contributed by atoms with Gasteiger partial charge in [-0.2, -0.15) is 0 Å². The molecule has 0 saturated heterocycles. The lowest BCUT2D eigenvalue weighted by atomic mass is 9.66. The molecule has 0 heterocycles. The third kappa shape index (κ3) is 6.09. The van der Waals surface area contributed by atoms with Crippen molar-refractivity contribution >= 4 is 23.7 Å². The van der Waals surface area contributed by atoms with Crippen LogP contribution in [0.15, 0.2) is 91.0 Å². The van der Waals surface area contributed by atoms with E-state index in [9.17, 15) is 19.7 Å². The van der Waals surface area contributed by atoms with Gasteiger partial charge in [0.05, 0.1) is 24.9 Å². The molecular formula is C31H29NO5. The number of carbonyl (C=O) groups is 2. The Bertz CT molecular complexity index is 1310. The standard InChI is InChI=1S/C31H29NO5/c1-21-8-10-23(11-9-21)13-19-28(33)30-26(18-12-22-6-4-3-5-7-22)31(32(35)36)27(20-29(30)34)24-14-16-25(37-2)17-15-24/h3-19,26-27,30-31H,20H2,1-2H3/b18-12+,19-13+/t26-,27+,30?,31+/m0/s1. The second-order valence-corrected chi connectivity index (χ2v) is 9.30. The van der Waals surface area contributed by atoms with Gasteiger partial charge in [-0.15, -0.1) is 0 Å². The number of Topliss-reactive ketones (excluding diaryl/α,β-unsaturated/α-hetero) is 1. The summed E-state index contributed by atoms with van der Waals surface area (Å²) in [6.07, 6.45) is 6.38. The maximum atomic E-state index is 13.5. The zero-order chi connectivity index (χ0) is 26.4. The van der Waals surface area contributed by atoms with Gasteiger partial charge in [0, 0.05) is 11.3 Å². The smallest absolute Gasteiger partial charge is 0.227 e. The fourth-order valence-corrected chi connectivity index (χ4v) is 4.92. The van der Waals surface area contributed by atoms with Crippen LogP contribution in [0.2, 0.25) is 0 Å². The highest BCUT2D eigenvalue weighted by Crippen LogP contribution is 2.41. The number of methoxy groups -OCH3 is 1. The summed E-state index contributed by atoms with van der Waals surface area (Å²) in [6.45, 7) is 1.97. The van der Waals surface area contributed by atoms with E-state index in [1.807, 2.05) is 61.5 Å². The summed E-state index contributed by atoms with van der Waals surface area (Å²) in [5, 5.41) is 12.5. The number of hydrogen-bond acceptors (Lipinski definition) is 5. The first kappa shape index (κ1) is 25.8. The minimum absolute atomic E-state index is 0.0809. The van der Waals surface area contributed by atoms with Crippen molar-refractivity contribution in [2.45, 2.75) is 25.3 Å². The van der Waals surface area contributed by atoms with Gasteiger partial charge in [0.25, 0.3) is 0 Å². The second kappa shape index (κ2) is 11.6. The summed E-state index contributed by atoms with van der Waals surface area (Å²) in [5.41, 5.74) is 3.43. The number of ether oxygens (including phenoxy) is 1. The van der Waals surface area contributed by atoms with E-state index >= 15 is 0 Å². The Morgan fingerprint density at radius 3 is 2.22 bits per heavy atom.